The first kappa shape index (κ1) is 11.0. The second-order valence-corrected chi connectivity index (χ2v) is 5.71. The summed E-state index contributed by atoms with van der Waals surface area (Å²) in [6.07, 6.45) is 4.75. The zero-order valence-electron chi connectivity index (χ0n) is 9.73. The molecule has 1 N–H and O–H groups in total. The fourth-order valence-corrected chi connectivity index (χ4v) is 2.41. The van der Waals surface area contributed by atoms with E-state index in [1.165, 1.54) is 12.8 Å². The van der Waals surface area contributed by atoms with Gasteiger partial charge in [0.05, 0.1) is 0 Å². The predicted octanol–water partition coefficient (Wildman–Crippen LogP) is 2.95. The first-order chi connectivity index (χ1) is 8.24. The lowest BCUT2D eigenvalue weighted by molar-refractivity contribution is 0.535. The summed E-state index contributed by atoms with van der Waals surface area (Å²) in [4.78, 5) is 0. The van der Waals surface area contributed by atoms with Crippen molar-refractivity contribution in [2.45, 2.75) is 19.8 Å². The van der Waals surface area contributed by atoms with Gasteiger partial charge in [0.1, 0.15) is 0 Å². The Balaban J connectivity index is 1.77. The van der Waals surface area contributed by atoms with E-state index in [9.17, 15) is 0 Å². The number of halogens is 1. The molecule has 3 rings (SSSR count). The van der Waals surface area contributed by atoms with Crippen LogP contribution in [-0.4, -0.2) is 21.1 Å². The minimum atomic E-state index is 0.717. The van der Waals surface area contributed by atoms with Crippen molar-refractivity contribution < 1.29 is 0 Å². The molecule has 0 radical (unpaired) electrons. The minimum Gasteiger partial charge on any atom is -0.354 e. The zero-order valence-corrected chi connectivity index (χ0v) is 11.3. The molecule has 0 aliphatic heterocycles. The van der Waals surface area contributed by atoms with Gasteiger partial charge in [-0.3, -0.25) is 4.40 Å². The van der Waals surface area contributed by atoms with Crippen molar-refractivity contribution in [3.05, 3.63) is 22.8 Å². The van der Waals surface area contributed by atoms with Gasteiger partial charge in [-0.25, -0.2) is 0 Å². The van der Waals surface area contributed by atoms with Crippen LogP contribution in [0.1, 0.15) is 19.8 Å². The highest BCUT2D eigenvalue weighted by Crippen LogP contribution is 2.36. The van der Waals surface area contributed by atoms with Crippen LogP contribution in [0.4, 0.5) is 5.95 Å². The summed E-state index contributed by atoms with van der Waals surface area (Å²) >= 11 is 3.46. The third-order valence-electron chi connectivity index (χ3n) is 3.38. The van der Waals surface area contributed by atoms with E-state index in [-0.39, 0.29) is 0 Å². The predicted molar refractivity (Wildman–Crippen MR) is 71.1 cm³/mol. The average molecular weight is 295 g/mol. The molecule has 1 saturated carbocycles. The van der Waals surface area contributed by atoms with Crippen molar-refractivity contribution in [2.24, 2.45) is 11.8 Å². The molecule has 2 heterocycles. The maximum atomic E-state index is 4.17. The van der Waals surface area contributed by atoms with E-state index < -0.39 is 0 Å². The van der Waals surface area contributed by atoms with Crippen molar-refractivity contribution in [2.75, 3.05) is 11.9 Å². The molecule has 0 amide bonds. The first-order valence-corrected chi connectivity index (χ1v) is 6.77. The molecule has 4 nitrogen and oxygen atoms in total. The van der Waals surface area contributed by atoms with Crippen LogP contribution in [0.15, 0.2) is 22.8 Å². The Labute approximate surface area is 109 Å². The van der Waals surface area contributed by atoms with Crippen LogP contribution < -0.4 is 5.32 Å². The van der Waals surface area contributed by atoms with E-state index in [0.29, 0.717) is 0 Å². The smallest absolute Gasteiger partial charge is 0.229 e. The van der Waals surface area contributed by atoms with E-state index in [0.717, 1.165) is 34.4 Å². The van der Waals surface area contributed by atoms with Gasteiger partial charge in [0.15, 0.2) is 5.65 Å². The number of nitrogens with zero attached hydrogens (tertiary/aromatic N) is 3. The molecular weight excluding hydrogens is 280 g/mol. The number of pyridine rings is 1. The lowest BCUT2D eigenvalue weighted by Crippen LogP contribution is -2.14. The van der Waals surface area contributed by atoms with E-state index in [1.54, 1.807) is 0 Å². The third-order valence-corrected chi connectivity index (χ3v) is 3.84. The van der Waals surface area contributed by atoms with Gasteiger partial charge in [0.25, 0.3) is 0 Å². The molecule has 17 heavy (non-hydrogen) atoms. The number of nitrogens with one attached hydrogen (secondary N) is 1. The van der Waals surface area contributed by atoms with Crippen LogP contribution in [0.25, 0.3) is 5.65 Å². The standard InChI is InChI=1S/C12H15BrN4/c1-8(9-2-3-9)6-14-12-16-15-11-5-4-10(13)7-17(11)12/h4-5,7-9H,2-3,6H2,1H3,(H,14,16). The van der Waals surface area contributed by atoms with E-state index in [1.807, 2.05) is 22.7 Å². The molecule has 5 heteroatoms. The first-order valence-electron chi connectivity index (χ1n) is 5.98. The van der Waals surface area contributed by atoms with E-state index in [4.69, 9.17) is 0 Å². The lowest BCUT2D eigenvalue weighted by Gasteiger charge is -2.10. The van der Waals surface area contributed by atoms with Crippen LogP contribution in [0, 0.1) is 11.8 Å². The summed E-state index contributed by atoms with van der Waals surface area (Å²) in [7, 11) is 0. The Kier molecular flexibility index (Phi) is 2.78. The topological polar surface area (TPSA) is 42.2 Å². The number of hydrogen-bond acceptors (Lipinski definition) is 3. The molecule has 1 fully saturated rings. The molecule has 2 aromatic heterocycles. The molecular formula is C12H15BrN4. The van der Waals surface area contributed by atoms with Gasteiger partial charge in [-0.2, -0.15) is 0 Å². The summed E-state index contributed by atoms with van der Waals surface area (Å²) < 4.78 is 3.01. The molecule has 0 spiro atoms. The maximum Gasteiger partial charge on any atom is 0.229 e. The van der Waals surface area contributed by atoms with Crippen molar-refractivity contribution in [3.63, 3.8) is 0 Å². The Bertz CT molecular complexity index is 532. The van der Waals surface area contributed by atoms with Crippen LogP contribution in [0.5, 0.6) is 0 Å². The summed E-state index contributed by atoms with van der Waals surface area (Å²) in [5, 5.41) is 11.7. The fraction of sp³-hybridized carbons (Fsp3) is 0.500. The summed E-state index contributed by atoms with van der Waals surface area (Å²) in [5.74, 6) is 2.46. The van der Waals surface area contributed by atoms with Crippen LogP contribution in [0.3, 0.4) is 0 Å². The Morgan fingerprint density at radius 1 is 1.47 bits per heavy atom. The van der Waals surface area contributed by atoms with E-state index >= 15 is 0 Å². The summed E-state index contributed by atoms with van der Waals surface area (Å²) in [6.45, 7) is 3.27. The molecule has 1 unspecified atom stereocenters. The van der Waals surface area contributed by atoms with E-state index in [2.05, 4.69) is 38.4 Å². The van der Waals surface area contributed by atoms with Crippen LogP contribution in [0.2, 0.25) is 0 Å². The normalized spacial score (nSPS) is 17.3. The van der Waals surface area contributed by atoms with Crippen LogP contribution >= 0.6 is 15.9 Å². The second kappa shape index (κ2) is 4.29. The summed E-state index contributed by atoms with van der Waals surface area (Å²) in [5.41, 5.74) is 0.870. The van der Waals surface area contributed by atoms with Crippen molar-refractivity contribution in [3.8, 4) is 0 Å². The zero-order chi connectivity index (χ0) is 11.8. The Morgan fingerprint density at radius 2 is 2.29 bits per heavy atom. The van der Waals surface area contributed by atoms with Gasteiger partial charge in [0.2, 0.25) is 5.95 Å². The molecule has 0 bridgehead atoms. The lowest BCUT2D eigenvalue weighted by atomic mass is 10.1. The highest BCUT2D eigenvalue weighted by molar-refractivity contribution is 9.10. The quantitative estimate of drug-likeness (QED) is 0.943. The van der Waals surface area contributed by atoms with Gasteiger partial charge < -0.3 is 5.32 Å². The number of rotatable bonds is 4. The van der Waals surface area contributed by atoms with Crippen molar-refractivity contribution in [1.29, 1.82) is 0 Å². The van der Waals surface area contributed by atoms with Gasteiger partial charge in [-0.05, 0) is 52.7 Å². The Morgan fingerprint density at radius 3 is 3.06 bits per heavy atom. The average Bonchev–Trinajstić information content (AvgIpc) is 3.09. The number of anilines is 1. The van der Waals surface area contributed by atoms with Crippen molar-refractivity contribution >= 4 is 27.5 Å². The summed E-state index contributed by atoms with van der Waals surface area (Å²) in [6, 6.07) is 3.92. The maximum absolute atomic E-state index is 4.17. The number of hydrogen-bond donors (Lipinski definition) is 1. The van der Waals surface area contributed by atoms with Crippen molar-refractivity contribution in [1.82, 2.24) is 14.6 Å². The number of fused-ring (bicyclic) bond motifs is 1. The van der Waals surface area contributed by atoms with Gasteiger partial charge in [-0.15, -0.1) is 10.2 Å². The second-order valence-electron chi connectivity index (χ2n) is 4.79. The highest BCUT2D eigenvalue weighted by Gasteiger charge is 2.27. The fourth-order valence-electron chi connectivity index (χ4n) is 2.07. The molecule has 0 aromatic carbocycles. The molecule has 1 atom stereocenters. The monoisotopic (exact) mass is 294 g/mol. The molecule has 0 saturated heterocycles. The van der Waals surface area contributed by atoms with Gasteiger partial charge in [0, 0.05) is 17.2 Å². The molecule has 2 aromatic rings. The largest absolute Gasteiger partial charge is 0.354 e. The number of aromatic nitrogens is 3. The molecule has 1 aliphatic carbocycles. The highest BCUT2D eigenvalue weighted by atomic mass is 79.9. The minimum absolute atomic E-state index is 0.717. The van der Waals surface area contributed by atoms with Gasteiger partial charge >= 0.3 is 0 Å². The molecule has 1 aliphatic rings. The molecule has 90 valence electrons. The van der Waals surface area contributed by atoms with Crippen LogP contribution in [-0.2, 0) is 0 Å². The third kappa shape index (κ3) is 2.29. The van der Waals surface area contributed by atoms with Gasteiger partial charge in [-0.1, -0.05) is 6.92 Å². The Hall–Kier alpha value is -1.10. The SMILES string of the molecule is CC(CNc1nnc2ccc(Br)cn12)C1CC1.